The van der Waals surface area contributed by atoms with E-state index in [1.165, 1.54) is 6.42 Å². The maximum absolute atomic E-state index is 8.95. The Labute approximate surface area is 106 Å². The summed E-state index contributed by atoms with van der Waals surface area (Å²) in [6.45, 7) is 10.4. The Morgan fingerprint density at radius 1 is 1.47 bits per heavy atom. The third kappa shape index (κ3) is 3.91. The lowest BCUT2D eigenvalue weighted by Crippen LogP contribution is -2.51. The van der Waals surface area contributed by atoms with Crippen LogP contribution in [0.3, 0.4) is 0 Å². The summed E-state index contributed by atoms with van der Waals surface area (Å²) in [6, 6.07) is 0. The Balaban J connectivity index is 2.99. The molecule has 4 heteroatoms. The van der Waals surface area contributed by atoms with Crippen LogP contribution in [-0.2, 0) is 4.43 Å². The van der Waals surface area contributed by atoms with E-state index in [0.717, 1.165) is 25.7 Å². The van der Waals surface area contributed by atoms with Gasteiger partial charge in [-0.15, -0.1) is 6.58 Å². The second-order valence-electron chi connectivity index (χ2n) is 5.88. The minimum absolute atomic E-state index is 0.369. The minimum Gasteiger partial charge on any atom is -0.402 e. The third-order valence-corrected chi connectivity index (χ3v) is 4.28. The molecule has 1 aliphatic carbocycles. The topological polar surface area (TPSA) is 45.6 Å². The molecule has 0 spiro atoms. The molecular weight excluding hydrogens is 228 g/mol. The van der Waals surface area contributed by atoms with Crippen LogP contribution in [0.15, 0.2) is 12.7 Å². The second kappa shape index (κ2) is 5.76. The van der Waals surface area contributed by atoms with E-state index < -0.39 is 8.32 Å². The molecule has 1 rings (SSSR count). The van der Waals surface area contributed by atoms with E-state index in [1.54, 1.807) is 6.21 Å². The molecule has 0 aromatic rings. The number of hydrogen-bond donors (Lipinski definition) is 0. The molecule has 0 aromatic carbocycles. The quantitative estimate of drug-likeness (QED) is 0.242. The van der Waals surface area contributed by atoms with E-state index in [-0.39, 0.29) is 5.60 Å². The molecule has 0 aromatic heterocycles. The molecule has 96 valence electrons. The predicted molar refractivity (Wildman–Crippen MR) is 73.6 cm³/mol. The summed E-state index contributed by atoms with van der Waals surface area (Å²) in [5.74, 6) is 0.399. The molecule has 2 atom stereocenters. The molecule has 0 heterocycles. The first kappa shape index (κ1) is 14.4. The Kier molecular flexibility index (Phi) is 4.87. The van der Waals surface area contributed by atoms with Gasteiger partial charge in [-0.3, -0.25) is 0 Å². The van der Waals surface area contributed by atoms with Gasteiger partial charge in [-0.05, 0) is 45.3 Å². The van der Waals surface area contributed by atoms with Crippen LogP contribution in [0.2, 0.25) is 19.6 Å². The Morgan fingerprint density at radius 2 is 2.18 bits per heavy atom. The summed E-state index contributed by atoms with van der Waals surface area (Å²) in [6.07, 6.45) is 8.96. The SMILES string of the molecule is C=CC[C@H]1CCCC[C@@]1(C=[N+]=[N-])O[Si](C)(C)C. The van der Waals surface area contributed by atoms with Gasteiger partial charge in [0.1, 0.15) is 0 Å². The summed E-state index contributed by atoms with van der Waals surface area (Å²) < 4.78 is 6.35. The van der Waals surface area contributed by atoms with Crippen molar-refractivity contribution in [1.29, 1.82) is 0 Å². The third-order valence-electron chi connectivity index (χ3n) is 3.28. The first-order valence-corrected chi connectivity index (χ1v) is 9.84. The fraction of sp³-hybridized carbons (Fsp3) is 0.769. The Bertz CT molecular complexity index is 318. The highest BCUT2D eigenvalue weighted by molar-refractivity contribution is 6.70. The fourth-order valence-corrected chi connectivity index (χ4v) is 4.22. The van der Waals surface area contributed by atoms with Crippen molar-refractivity contribution < 1.29 is 9.22 Å². The van der Waals surface area contributed by atoms with Crippen molar-refractivity contribution in [2.45, 2.75) is 57.3 Å². The highest BCUT2D eigenvalue weighted by atomic mass is 28.4. The van der Waals surface area contributed by atoms with E-state index >= 15 is 0 Å². The molecule has 0 unspecified atom stereocenters. The lowest BCUT2D eigenvalue weighted by molar-refractivity contribution is -0.0473. The van der Waals surface area contributed by atoms with Crippen LogP contribution in [0.1, 0.15) is 32.1 Å². The number of allylic oxidation sites excluding steroid dienone is 1. The largest absolute Gasteiger partial charge is 0.402 e. The zero-order chi connectivity index (χ0) is 12.9. The normalized spacial score (nSPS) is 29.5. The smallest absolute Gasteiger partial charge is 0.288 e. The van der Waals surface area contributed by atoms with Gasteiger partial charge >= 0.3 is 0 Å². The monoisotopic (exact) mass is 252 g/mol. The Hall–Kier alpha value is -0.703. The maximum Gasteiger partial charge on any atom is 0.288 e. The van der Waals surface area contributed by atoms with Crippen LogP contribution < -0.4 is 0 Å². The second-order valence-corrected chi connectivity index (χ2v) is 10.3. The number of nitrogens with zero attached hydrogens (tertiary/aromatic N) is 2. The first-order valence-electron chi connectivity index (χ1n) is 6.43. The predicted octanol–water partition coefficient (Wildman–Crippen LogP) is 3.64. The van der Waals surface area contributed by atoms with Crippen molar-refractivity contribution in [1.82, 2.24) is 0 Å². The molecule has 1 aliphatic rings. The molecule has 0 amide bonds. The molecular formula is C13H24N2OSi. The molecule has 0 aliphatic heterocycles. The van der Waals surface area contributed by atoms with E-state index in [0.29, 0.717) is 5.92 Å². The summed E-state index contributed by atoms with van der Waals surface area (Å²) in [5, 5.41) is 0. The summed E-state index contributed by atoms with van der Waals surface area (Å²) >= 11 is 0. The standard InChI is InChI=1S/C13H24N2OSi/c1-5-8-12-9-6-7-10-13(12,11-15-14)16-17(2,3)4/h5,11-12H,1,6-10H2,2-4H3/t12-,13-/m0/s1. The number of rotatable bonds is 5. The van der Waals surface area contributed by atoms with E-state index in [9.17, 15) is 0 Å². The summed E-state index contributed by atoms with van der Waals surface area (Å²) in [5.41, 5.74) is 8.58. The van der Waals surface area contributed by atoms with Gasteiger partial charge in [0.25, 0.3) is 6.21 Å². The van der Waals surface area contributed by atoms with Gasteiger partial charge in [0.15, 0.2) is 13.9 Å². The van der Waals surface area contributed by atoms with Gasteiger partial charge in [0, 0.05) is 5.92 Å². The molecule has 1 saturated carbocycles. The average molecular weight is 252 g/mol. The van der Waals surface area contributed by atoms with Crippen LogP contribution in [-0.4, -0.2) is 24.9 Å². The Morgan fingerprint density at radius 3 is 2.71 bits per heavy atom. The van der Waals surface area contributed by atoms with Gasteiger partial charge < -0.3 is 9.96 Å². The highest BCUT2D eigenvalue weighted by Crippen LogP contribution is 2.39. The van der Waals surface area contributed by atoms with Crippen molar-refractivity contribution in [3.05, 3.63) is 18.2 Å². The zero-order valence-corrected chi connectivity index (χ0v) is 12.3. The van der Waals surface area contributed by atoms with Crippen LogP contribution in [0.25, 0.3) is 5.53 Å². The van der Waals surface area contributed by atoms with Crippen molar-refractivity contribution in [3.63, 3.8) is 0 Å². The lowest BCUT2D eigenvalue weighted by Gasteiger charge is -2.42. The van der Waals surface area contributed by atoms with Gasteiger partial charge in [-0.2, -0.15) is 4.79 Å². The zero-order valence-electron chi connectivity index (χ0n) is 11.3. The lowest BCUT2D eigenvalue weighted by atomic mass is 9.74. The molecule has 0 bridgehead atoms. The molecule has 17 heavy (non-hydrogen) atoms. The molecule has 3 nitrogen and oxygen atoms in total. The van der Waals surface area contributed by atoms with Crippen LogP contribution in [0, 0.1) is 5.92 Å². The van der Waals surface area contributed by atoms with Crippen LogP contribution >= 0.6 is 0 Å². The average Bonchev–Trinajstić information content (AvgIpc) is 2.20. The first-order chi connectivity index (χ1) is 7.93. The van der Waals surface area contributed by atoms with Gasteiger partial charge in [0.2, 0.25) is 0 Å². The van der Waals surface area contributed by atoms with Crippen LogP contribution in [0.5, 0.6) is 0 Å². The molecule has 1 fully saturated rings. The minimum atomic E-state index is -1.66. The van der Waals surface area contributed by atoms with Gasteiger partial charge in [0.05, 0.1) is 0 Å². The summed E-state index contributed by atoms with van der Waals surface area (Å²) in [7, 11) is -1.66. The van der Waals surface area contributed by atoms with E-state index in [1.807, 2.05) is 6.08 Å². The van der Waals surface area contributed by atoms with E-state index in [2.05, 4.69) is 31.0 Å². The van der Waals surface area contributed by atoms with E-state index in [4.69, 9.17) is 9.96 Å². The van der Waals surface area contributed by atoms with Gasteiger partial charge in [-0.25, -0.2) is 0 Å². The molecule has 0 saturated heterocycles. The molecule has 0 N–H and O–H groups in total. The fourth-order valence-electron chi connectivity index (χ4n) is 2.76. The van der Waals surface area contributed by atoms with Crippen molar-refractivity contribution in [2.24, 2.45) is 5.92 Å². The van der Waals surface area contributed by atoms with Crippen molar-refractivity contribution >= 4 is 14.5 Å². The maximum atomic E-state index is 8.95. The van der Waals surface area contributed by atoms with Crippen LogP contribution in [0.4, 0.5) is 0 Å². The van der Waals surface area contributed by atoms with Crippen molar-refractivity contribution in [2.75, 3.05) is 0 Å². The highest BCUT2D eigenvalue weighted by Gasteiger charge is 2.46. The number of hydrogen-bond acceptors (Lipinski definition) is 1. The summed E-state index contributed by atoms with van der Waals surface area (Å²) in [4.78, 5) is 3.29. The van der Waals surface area contributed by atoms with Crippen molar-refractivity contribution in [3.8, 4) is 0 Å². The van der Waals surface area contributed by atoms with Gasteiger partial charge in [-0.1, -0.05) is 12.5 Å². The molecule has 0 radical (unpaired) electrons.